The van der Waals surface area contributed by atoms with E-state index in [1.54, 1.807) is 0 Å². The predicted octanol–water partition coefficient (Wildman–Crippen LogP) is 5.85. The number of hydrogen-bond donors (Lipinski definition) is 1. The first-order valence-corrected chi connectivity index (χ1v) is 8.65. The van der Waals surface area contributed by atoms with Crippen LogP contribution in [0.5, 0.6) is 0 Å². The van der Waals surface area contributed by atoms with Crippen LogP contribution in [-0.2, 0) is 9.78 Å². The lowest BCUT2D eigenvalue weighted by molar-refractivity contribution is -0.216. The van der Waals surface area contributed by atoms with Gasteiger partial charge in [0.25, 0.3) is 4.38 Å². The molecule has 0 N–H and O–H groups in total. The van der Waals surface area contributed by atoms with Gasteiger partial charge in [0, 0.05) is 0 Å². The van der Waals surface area contributed by atoms with E-state index in [4.69, 9.17) is 4.89 Å². The Balaban J connectivity index is 2.93. The van der Waals surface area contributed by atoms with E-state index in [0.717, 1.165) is 6.42 Å². The molecular formula is C15H30O2S2. The van der Waals surface area contributed by atoms with Crippen molar-refractivity contribution in [1.29, 1.82) is 0 Å². The van der Waals surface area contributed by atoms with Crippen molar-refractivity contribution in [3.63, 3.8) is 0 Å². The molecule has 0 aromatic carbocycles. The SMILES string of the molecule is CCCCCCCCCCCCCCOOC(=S)S. The second-order valence-corrected chi connectivity index (χ2v) is 6.14. The average molecular weight is 307 g/mol. The fraction of sp³-hybridized carbons (Fsp3) is 0.933. The van der Waals surface area contributed by atoms with Gasteiger partial charge in [0.1, 0.15) is 0 Å². The van der Waals surface area contributed by atoms with E-state index < -0.39 is 0 Å². The average Bonchev–Trinajstić information content (AvgIpc) is 2.39. The van der Waals surface area contributed by atoms with Crippen molar-refractivity contribution in [1.82, 2.24) is 0 Å². The Hall–Kier alpha value is 0.200. The molecule has 0 fully saturated rings. The van der Waals surface area contributed by atoms with Gasteiger partial charge >= 0.3 is 0 Å². The molecule has 0 aromatic rings. The molecule has 0 radical (unpaired) electrons. The van der Waals surface area contributed by atoms with Gasteiger partial charge in [-0.2, -0.15) is 4.89 Å². The minimum absolute atomic E-state index is 0.152. The highest BCUT2D eigenvalue weighted by molar-refractivity contribution is 8.10. The molecule has 0 rings (SSSR count). The predicted molar refractivity (Wildman–Crippen MR) is 89.7 cm³/mol. The minimum atomic E-state index is 0.152. The van der Waals surface area contributed by atoms with Gasteiger partial charge in [-0.3, -0.25) is 0 Å². The summed E-state index contributed by atoms with van der Waals surface area (Å²) in [5.74, 6) is 0. The van der Waals surface area contributed by atoms with Crippen molar-refractivity contribution in [3.8, 4) is 0 Å². The molecule has 0 spiro atoms. The zero-order valence-corrected chi connectivity index (χ0v) is 14.1. The lowest BCUT2D eigenvalue weighted by Gasteiger charge is -2.03. The van der Waals surface area contributed by atoms with Crippen LogP contribution in [0.4, 0.5) is 0 Å². The summed E-state index contributed by atoms with van der Waals surface area (Å²) in [5.41, 5.74) is 0. The topological polar surface area (TPSA) is 18.5 Å². The van der Waals surface area contributed by atoms with Gasteiger partial charge in [0.05, 0.1) is 6.61 Å². The smallest absolute Gasteiger partial charge is 0.260 e. The number of thiocarbonyl (C=S) groups is 1. The first-order valence-electron chi connectivity index (χ1n) is 7.79. The molecule has 0 aliphatic heterocycles. The van der Waals surface area contributed by atoms with Gasteiger partial charge in [0.2, 0.25) is 0 Å². The summed E-state index contributed by atoms with van der Waals surface area (Å²) in [6, 6.07) is 0. The van der Waals surface area contributed by atoms with Crippen molar-refractivity contribution in [2.24, 2.45) is 0 Å². The van der Waals surface area contributed by atoms with Gasteiger partial charge < -0.3 is 4.89 Å². The Labute approximate surface area is 130 Å². The Kier molecular flexibility index (Phi) is 16.4. The van der Waals surface area contributed by atoms with Crippen molar-refractivity contribution in [2.75, 3.05) is 6.61 Å². The lowest BCUT2D eigenvalue weighted by Crippen LogP contribution is -1.98. The maximum atomic E-state index is 4.87. The zero-order chi connectivity index (χ0) is 14.2. The van der Waals surface area contributed by atoms with Crippen LogP contribution in [0.1, 0.15) is 84.0 Å². The summed E-state index contributed by atoms with van der Waals surface area (Å²) in [6.45, 7) is 2.88. The molecule has 0 amide bonds. The second-order valence-electron chi connectivity index (χ2n) is 5.06. The van der Waals surface area contributed by atoms with Crippen LogP contribution in [0.15, 0.2) is 0 Å². The molecule has 4 heteroatoms. The van der Waals surface area contributed by atoms with Crippen LogP contribution >= 0.6 is 24.8 Å². The summed E-state index contributed by atoms with van der Waals surface area (Å²) >= 11 is 8.41. The molecule has 0 bridgehead atoms. The first-order chi connectivity index (χ1) is 9.27. The molecular weight excluding hydrogens is 276 g/mol. The standard InChI is InChI=1S/C15H30O2S2/c1-2-3-4-5-6-7-8-9-10-11-12-13-14-16-17-15(18)19/h2-14H2,1H3,(H,18,19). The first kappa shape index (κ1) is 19.2. The molecule has 0 unspecified atom stereocenters. The summed E-state index contributed by atoms with van der Waals surface area (Å²) in [6.07, 6.45) is 16.1. The number of thiol groups is 1. The highest BCUT2D eigenvalue weighted by atomic mass is 32.1. The molecule has 2 nitrogen and oxygen atoms in total. The van der Waals surface area contributed by atoms with Gasteiger partial charge in [-0.15, -0.1) is 0 Å². The number of rotatable bonds is 14. The summed E-state index contributed by atoms with van der Waals surface area (Å²) in [7, 11) is 0. The lowest BCUT2D eigenvalue weighted by atomic mass is 10.1. The second kappa shape index (κ2) is 16.3. The van der Waals surface area contributed by atoms with Crippen molar-refractivity contribution in [3.05, 3.63) is 0 Å². The van der Waals surface area contributed by atoms with Crippen LogP contribution in [0, 0.1) is 0 Å². The molecule has 19 heavy (non-hydrogen) atoms. The third kappa shape index (κ3) is 18.2. The molecule has 0 aliphatic carbocycles. The largest absolute Gasteiger partial charge is 0.319 e. The molecule has 0 heterocycles. The molecule has 0 atom stereocenters. The van der Waals surface area contributed by atoms with Crippen LogP contribution in [0.25, 0.3) is 0 Å². The van der Waals surface area contributed by atoms with Gasteiger partial charge in [0.15, 0.2) is 0 Å². The Morgan fingerprint density at radius 3 is 1.63 bits per heavy atom. The monoisotopic (exact) mass is 306 g/mol. The normalized spacial score (nSPS) is 10.6. The third-order valence-electron chi connectivity index (χ3n) is 3.21. The van der Waals surface area contributed by atoms with Crippen LogP contribution < -0.4 is 0 Å². The van der Waals surface area contributed by atoms with E-state index in [0.29, 0.717) is 6.61 Å². The van der Waals surface area contributed by atoms with E-state index in [2.05, 4.69) is 36.7 Å². The Bertz CT molecular complexity index is 199. The molecule has 0 saturated carbocycles. The van der Waals surface area contributed by atoms with E-state index >= 15 is 0 Å². The van der Waals surface area contributed by atoms with E-state index in [-0.39, 0.29) is 4.38 Å². The van der Waals surface area contributed by atoms with E-state index in [1.165, 1.54) is 70.6 Å². The number of unbranched alkanes of at least 4 members (excludes halogenated alkanes) is 11. The van der Waals surface area contributed by atoms with Crippen molar-refractivity contribution in [2.45, 2.75) is 84.0 Å². The fourth-order valence-corrected chi connectivity index (χ4v) is 2.19. The number of hydrogen-bond acceptors (Lipinski definition) is 3. The van der Waals surface area contributed by atoms with Crippen LogP contribution in [0.3, 0.4) is 0 Å². The van der Waals surface area contributed by atoms with E-state index in [9.17, 15) is 0 Å². The van der Waals surface area contributed by atoms with E-state index in [1.807, 2.05) is 0 Å². The summed E-state index contributed by atoms with van der Waals surface area (Å²) < 4.78 is 0.152. The van der Waals surface area contributed by atoms with Gasteiger partial charge in [-0.05, 0) is 18.6 Å². The summed E-state index contributed by atoms with van der Waals surface area (Å²) in [5, 5.41) is 0. The van der Waals surface area contributed by atoms with Crippen molar-refractivity contribution < 1.29 is 9.78 Å². The zero-order valence-electron chi connectivity index (χ0n) is 12.4. The highest BCUT2D eigenvalue weighted by Crippen LogP contribution is 2.11. The minimum Gasteiger partial charge on any atom is -0.319 e. The van der Waals surface area contributed by atoms with Crippen molar-refractivity contribution >= 4 is 29.2 Å². The molecule has 114 valence electrons. The molecule has 0 aliphatic rings. The highest BCUT2D eigenvalue weighted by Gasteiger charge is 1.94. The maximum Gasteiger partial charge on any atom is 0.260 e. The van der Waals surface area contributed by atoms with Gasteiger partial charge in [-0.25, -0.2) is 0 Å². The Morgan fingerprint density at radius 1 is 0.789 bits per heavy atom. The Morgan fingerprint density at radius 2 is 1.21 bits per heavy atom. The quantitative estimate of drug-likeness (QED) is 0.143. The van der Waals surface area contributed by atoms with Crippen LogP contribution in [-0.4, -0.2) is 11.0 Å². The molecule has 0 aromatic heterocycles. The van der Waals surface area contributed by atoms with Gasteiger partial charge in [-0.1, -0.05) is 90.2 Å². The third-order valence-corrected chi connectivity index (χ3v) is 3.35. The summed E-state index contributed by atoms with van der Waals surface area (Å²) in [4.78, 5) is 9.51. The van der Waals surface area contributed by atoms with Crippen LogP contribution in [0.2, 0.25) is 0 Å². The fourth-order valence-electron chi connectivity index (χ4n) is 2.09. The maximum absolute atomic E-state index is 4.87. The molecule has 0 saturated heterocycles.